The molecule has 4 nitrogen and oxygen atoms in total. The van der Waals surface area contributed by atoms with Crippen molar-refractivity contribution in [2.75, 3.05) is 12.3 Å². The van der Waals surface area contributed by atoms with Gasteiger partial charge in [0.25, 0.3) is 0 Å². The molecule has 0 spiro atoms. The second kappa shape index (κ2) is 5.97. The topological polar surface area (TPSA) is 72.2 Å². The number of benzene rings is 1. The second-order valence-electron chi connectivity index (χ2n) is 3.28. The number of hydrogen-bond acceptors (Lipinski definition) is 3. The van der Waals surface area contributed by atoms with Gasteiger partial charge in [-0.2, -0.15) is 0 Å². The van der Waals surface area contributed by atoms with E-state index in [2.05, 4.69) is 21.2 Å². The number of primary sulfonamides is 1. The molecule has 0 atom stereocenters. The minimum atomic E-state index is -3.39. The van der Waals surface area contributed by atoms with E-state index in [4.69, 9.17) is 16.7 Å². The largest absolute Gasteiger partial charge is 0.312 e. The number of sulfonamides is 1. The second-order valence-corrected chi connectivity index (χ2v) is 6.30. The van der Waals surface area contributed by atoms with Crippen LogP contribution in [0.3, 0.4) is 0 Å². The van der Waals surface area contributed by atoms with Crippen LogP contribution in [0.1, 0.15) is 5.56 Å². The highest BCUT2D eigenvalue weighted by atomic mass is 79.9. The third-order valence-electron chi connectivity index (χ3n) is 1.89. The standard InChI is InChI=1S/C9H12BrClN2O2S/c10-9-5-8(11)2-1-7(9)6-13-3-4-16(12,14)15/h1-2,5,13H,3-4,6H2,(H2,12,14,15). The molecule has 0 amide bonds. The molecule has 0 aliphatic rings. The Bertz CT molecular complexity index is 465. The van der Waals surface area contributed by atoms with Gasteiger partial charge < -0.3 is 5.32 Å². The van der Waals surface area contributed by atoms with Crippen molar-refractivity contribution in [2.45, 2.75) is 6.54 Å². The van der Waals surface area contributed by atoms with Crippen LogP contribution in [-0.2, 0) is 16.6 Å². The van der Waals surface area contributed by atoms with Crippen molar-refractivity contribution in [3.8, 4) is 0 Å². The Labute approximate surface area is 108 Å². The van der Waals surface area contributed by atoms with Gasteiger partial charge in [0.05, 0.1) is 5.75 Å². The van der Waals surface area contributed by atoms with Crippen LogP contribution in [0.4, 0.5) is 0 Å². The van der Waals surface area contributed by atoms with Crippen LogP contribution in [0.2, 0.25) is 5.02 Å². The normalized spacial score (nSPS) is 11.7. The quantitative estimate of drug-likeness (QED) is 0.805. The lowest BCUT2D eigenvalue weighted by molar-refractivity contribution is 0.592. The molecule has 1 rings (SSSR count). The van der Waals surface area contributed by atoms with Gasteiger partial charge in [0.2, 0.25) is 10.0 Å². The molecule has 0 bridgehead atoms. The monoisotopic (exact) mass is 326 g/mol. The summed E-state index contributed by atoms with van der Waals surface area (Å²) in [5.41, 5.74) is 1.01. The summed E-state index contributed by atoms with van der Waals surface area (Å²) in [6.45, 7) is 0.890. The van der Waals surface area contributed by atoms with E-state index in [1.165, 1.54) is 0 Å². The van der Waals surface area contributed by atoms with Crippen LogP contribution in [0.15, 0.2) is 22.7 Å². The van der Waals surface area contributed by atoms with Gasteiger partial charge >= 0.3 is 0 Å². The Kier molecular flexibility index (Phi) is 5.20. The fraction of sp³-hybridized carbons (Fsp3) is 0.333. The first-order valence-electron chi connectivity index (χ1n) is 4.53. The molecule has 3 N–H and O–H groups in total. The molecule has 0 saturated heterocycles. The van der Waals surface area contributed by atoms with Crippen molar-refractivity contribution < 1.29 is 8.42 Å². The molecule has 0 aliphatic heterocycles. The Morgan fingerprint density at radius 3 is 2.69 bits per heavy atom. The zero-order valence-electron chi connectivity index (χ0n) is 8.41. The maximum Gasteiger partial charge on any atom is 0.210 e. The van der Waals surface area contributed by atoms with Crippen molar-refractivity contribution in [2.24, 2.45) is 5.14 Å². The summed E-state index contributed by atoms with van der Waals surface area (Å²) in [6, 6.07) is 5.44. The van der Waals surface area contributed by atoms with Gasteiger partial charge in [0.15, 0.2) is 0 Å². The lowest BCUT2D eigenvalue weighted by atomic mass is 10.2. The average Bonchev–Trinajstić information content (AvgIpc) is 2.13. The van der Waals surface area contributed by atoms with Crippen LogP contribution < -0.4 is 10.5 Å². The van der Waals surface area contributed by atoms with E-state index in [-0.39, 0.29) is 5.75 Å². The van der Waals surface area contributed by atoms with E-state index in [1.54, 1.807) is 12.1 Å². The van der Waals surface area contributed by atoms with E-state index in [9.17, 15) is 8.42 Å². The summed E-state index contributed by atoms with van der Waals surface area (Å²) in [4.78, 5) is 0. The predicted molar refractivity (Wildman–Crippen MR) is 68.8 cm³/mol. The SMILES string of the molecule is NS(=O)(=O)CCNCc1ccc(Cl)cc1Br. The van der Waals surface area contributed by atoms with Crippen molar-refractivity contribution in [3.63, 3.8) is 0 Å². The van der Waals surface area contributed by atoms with Gasteiger partial charge in [0.1, 0.15) is 0 Å². The Morgan fingerprint density at radius 2 is 2.12 bits per heavy atom. The molecule has 0 saturated carbocycles. The summed E-state index contributed by atoms with van der Waals surface area (Å²) in [7, 11) is -3.39. The lowest BCUT2D eigenvalue weighted by Crippen LogP contribution is -2.26. The van der Waals surface area contributed by atoms with E-state index in [0.717, 1.165) is 10.0 Å². The molecule has 1 aromatic rings. The smallest absolute Gasteiger partial charge is 0.210 e. The van der Waals surface area contributed by atoms with Crippen molar-refractivity contribution >= 4 is 37.6 Å². The van der Waals surface area contributed by atoms with Crippen LogP contribution in [0.25, 0.3) is 0 Å². The molecule has 1 aromatic carbocycles. The van der Waals surface area contributed by atoms with Gasteiger partial charge in [-0.3, -0.25) is 0 Å². The highest BCUT2D eigenvalue weighted by molar-refractivity contribution is 9.10. The average molecular weight is 328 g/mol. The van der Waals surface area contributed by atoms with E-state index in [0.29, 0.717) is 18.1 Å². The number of rotatable bonds is 5. The first kappa shape index (κ1) is 13.9. The van der Waals surface area contributed by atoms with E-state index in [1.807, 2.05) is 6.07 Å². The van der Waals surface area contributed by atoms with Crippen LogP contribution in [0, 0.1) is 0 Å². The molecule has 0 heterocycles. The maximum absolute atomic E-state index is 10.7. The number of hydrogen-bond donors (Lipinski definition) is 2. The van der Waals surface area contributed by atoms with Gasteiger partial charge in [-0.25, -0.2) is 13.6 Å². The Balaban J connectivity index is 2.43. The van der Waals surface area contributed by atoms with Gasteiger partial charge in [0, 0.05) is 22.6 Å². The number of nitrogens with two attached hydrogens (primary N) is 1. The maximum atomic E-state index is 10.7. The predicted octanol–water partition coefficient (Wildman–Crippen LogP) is 1.48. The molecule has 0 unspecified atom stereocenters. The molecular formula is C9H12BrClN2O2S. The Hall–Kier alpha value is -0.140. The van der Waals surface area contributed by atoms with Gasteiger partial charge in [-0.1, -0.05) is 33.6 Å². The zero-order chi connectivity index (χ0) is 12.2. The molecule has 0 aromatic heterocycles. The highest BCUT2D eigenvalue weighted by Gasteiger charge is 2.03. The minimum absolute atomic E-state index is 0.0712. The Morgan fingerprint density at radius 1 is 1.44 bits per heavy atom. The number of nitrogens with one attached hydrogen (secondary N) is 1. The zero-order valence-corrected chi connectivity index (χ0v) is 11.6. The summed E-state index contributed by atoms with van der Waals surface area (Å²) in [5, 5.41) is 8.51. The van der Waals surface area contributed by atoms with Crippen molar-refractivity contribution in [3.05, 3.63) is 33.3 Å². The summed E-state index contributed by atoms with van der Waals surface area (Å²) >= 11 is 9.16. The lowest BCUT2D eigenvalue weighted by Gasteiger charge is -2.06. The third kappa shape index (κ3) is 5.27. The molecule has 0 fully saturated rings. The molecule has 7 heteroatoms. The fourth-order valence-electron chi connectivity index (χ4n) is 1.10. The van der Waals surface area contributed by atoms with Crippen molar-refractivity contribution in [1.29, 1.82) is 0 Å². The minimum Gasteiger partial charge on any atom is -0.312 e. The van der Waals surface area contributed by atoms with E-state index >= 15 is 0 Å². The van der Waals surface area contributed by atoms with E-state index < -0.39 is 10.0 Å². The highest BCUT2D eigenvalue weighted by Crippen LogP contribution is 2.21. The molecule has 90 valence electrons. The molecule has 0 radical (unpaired) electrons. The van der Waals surface area contributed by atoms with Crippen molar-refractivity contribution in [1.82, 2.24) is 5.32 Å². The molecule has 0 aliphatic carbocycles. The van der Waals surface area contributed by atoms with Crippen LogP contribution >= 0.6 is 27.5 Å². The summed E-state index contributed by atoms with van der Waals surface area (Å²) in [5.74, 6) is -0.0712. The fourth-order valence-corrected chi connectivity index (χ4v) is 2.35. The van der Waals surface area contributed by atoms with Crippen LogP contribution in [0.5, 0.6) is 0 Å². The van der Waals surface area contributed by atoms with Gasteiger partial charge in [-0.15, -0.1) is 0 Å². The third-order valence-corrected chi connectivity index (χ3v) is 3.64. The first-order chi connectivity index (χ1) is 7.38. The molecule has 16 heavy (non-hydrogen) atoms. The molecular weight excluding hydrogens is 316 g/mol. The van der Waals surface area contributed by atoms with Crippen LogP contribution in [-0.4, -0.2) is 20.7 Å². The summed E-state index contributed by atoms with van der Waals surface area (Å²) < 4.78 is 22.2. The number of halogens is 2. The summed E-state index contributed by atoms with van der Waals surface area (Å²) in [6.07, 6.45) is 0. The van der Waals surface area contributed by atoms with Gasteiger partial charge in [-0.05, 0) is 17.7 Å². The first-order valence-corrected chi connectivity index (χ1v) is 7.42.